The molecule has 14 nitrogen and oxygen atoms in total. The second-order valence-corrected chi connectivity index (χ2v) is 24.1. The summed E-state index contributed by atoms with van der Waals surface area (Å²) in [6.45, 7) is 11.2. The van der Waals surface area contributed by atoms with Crippen molar-refractivity contribution in [3.63, 3.8) is 0 Å². The molecule has 0 saturated carbocycles. The number of benzene rings is 6. The molecule has 0 saturated heterocycles. The summed E-state index contributed by atoms with van der Waals surface area (Å²) in [5.74, 6) is -2.26. The summed E-state index contributed by atoms with van der Waals surface area (Å²) in [7, 11) is 16.0. The molecule has 84 heavy (non-hydrogen) atoms. The fourth-order valence-electron chi connectivity index (χ4n) is 11.5. The fourth-order valence-corrected chi connectivity index (χ4v) is 11.5. The van der Waals surface area contributed by atoms with E-state index in [1.807, 2.05) is 188 Å². The zero-order valence-electron chi connectivity index (χ0n) is 51.7. The van der Waals surface area contributed by atoms with Crippen LogP contribution in [0.15, 0.2) is 133 Å². The van der Waals surface area contributed by atoms with Gasteiger partial charge in [0, 0.05) is 99.1 Å². The quantitative estimate of drug-likeness (QED) is 0.0325. The Labute approximate surface area is 499 Å². The average Bonchev–Trinajstić information content (AvgIpc) is 1.73. The standard InChI is InChI=1S/C70H88N6O8/c1-49(2)53-29-37-57(38-30-53)75(47-51-25-33-55(34-26-51)73(9)10)67(79)69(41-15-19-59-61(69)21-13-23-63(59)81-45-17-43-71(5)6)83-65(77)66(78)84-70(42-16-20-60-62(70)22-14-24-64(60)82-46-18-44-72(7)8)68(80)76(58-39-31-54(32-40-58)50(3)4)48-52-27-35-56(36-28-52)74(11)12/h13-14,21-40,49-50H,15-20,41-48H2,1-12H3. The van der Waals surface area contributed by atoms with Gasteiger partial charge in [-0.25, -0.2) is 9.59 Å². The van der Waals surface area contributed by atoms with Crippen molar-refractivity contribution in [3.05, 3.63) is 178 Å². The summed E-state index contributed by atoms with van der Waals surface area (Å²) in [4.78, 5) is 75.4. The molecule has 6 aromatic rings. The van der Waals surface area contributed by atoms with Crippen LogP contribution in [-0.2, 0) is 65.8 Å². The van der Waals surface area contributed by atoms with E-state index in [0.717, 1.165) is 70.7 Å². The van der Waals surface area contributed by atoms with Gasteiger partial charge in [0.25, 0.3) is 11.8 Å². The van der Waals surface area contributed by atoms with Crippen molar-refractivity contribution in [2.45, 2.75) is 115 Å². The Morgan fingerprint density at radius 2 is 0.798 bits per heavy atom. The van der Waals surface area contributed by atoms with Crippen molar-refractivity contribution in [2.24, 2.45) is 0 Å². The van der Waals surface area contributed by atoms with E-state index in [4.69, 9.17) is 18.9 Å². The molecule has 2 atom stereocenters. The number of nitrogens with zero attached hydrogens (tertiary/aromatic N) is 6. The predicted octanol–water partition coefficient (Wildman–Crippen LogP) is 12.0. The molecule has 6 aromatic carbocycles. The van der Waals surface area contributed by atoms with Crippen LogP contribution in [0.5, 0.6) is 11.5 Å². The van der Waals surface area contributed by atoms with Crippen molar-refractivity contribution in [2.75, 3.05) is 102 Å². The zero-order chi connectivity index (χ0) is 60.3. The molecule has 2 unspecified atom stereocenters. The number of anilines is 4. The van der Waals surface area contributed by atoms with Gasteiger partial charge in [-0.3, -0.25) is 9.59 Å². The van der Waals surface area contributed by atoms with E-state index in [9.17, 15) is 0 Å². The van der Waals surface area contributed by atoms with Crippen LogP contribution in [0.2, 0.25) is 0 Å². The third-order valence-electron chi connectivity index (χ3n) is 16.3. The maximum Gasteiger partial charge on any atom is 0.418 e. The third kappa shape index (κ3) is 14.4. The summed E-state index contributed by atoms with van der Waals surface area (Å²) >= 11 is 0. The summed E-state index contributed by atoms with van der Waals surface area (Å²) in [6.07, 6.45) is 3.52. The Morgan fingerprint density at radius 1 is 0.452 bits per heavy atom. The van der Waals surface area contributed by atoms with Crippen LogP contribution in [0, 0.1) is 0 Å². The van der Waals surface area contributed by atoms with Gasteiger partial charge in [0.1, 0.15) is 11.5 Å². The zero-order valence-corrected chi connectivity index (χ0v) is 51.7. The number of rotatable bonds is 24. The number of carbonyl (C=O) groups is 4. The van der Waals surface area contributed by atoms with Crippen molar-refractivity contribution >= 4 is 46.5 Å². The van der Waals surface area contributed by atoms with Gasteiger partial charge in [0.05, 0.1) is 26.3 Å². The fraction of sp³-hybridized carbons (Fsp3) is 0.429. The lowest BCUT2D eigenvalue weighted by molar-refractivity contribution is -0.192. The lowest BCUT2D eigenvalue weighted by Gasteiger charge is -2.42. The summed E-state index contributed by atoms with van der Waals surface area (Å²) in [6, 6.07) is 42.7. The molecule has 0 aromatic heterocycles. The van der Waals surface area contributed by atoms with E-state index in [2.05, 4.69) is 37.5 Å². The van der Waals surface area contributed by atoms with Crippen LogP contribution < -0.4 is 29.1 Å². The van der Waals surface area contributed by atoms with Gasteiger partial charge in [-0.05, 0) is 161 Å². The number of amides is 2. The first kappa shape index (κ1) is 62.4. The normalized spacial score (nSPS) is 16.4. The largest absolute Gasteiger partial charge is 0.493 e. The molecule has 0 heterocycles. The molecule has 2 amide bonds. The van der Waals surface area contributed by atoms with Crippen molar-refractivity contribution in [1.82, 2.24) is 9.80 Å². The van der Waals surface area contributed by atoms with E-state index >= 15 is 19.2 Å². The van der Waals surface area contributed by atoms with Crippen molar-refractivity contribution in [3.8, 4) is 11.5 Å². The van der Waals surface area contributed by atoms with E-state index < -0.39 is 35.0 Å². The van der Waals surface area contributed by atoms with Crippen molar-refractivity contribution in [1.29, 1.82) is 0 Å². The minimum atomic E-state index is -2.05. The molecule has 0 N–H and O–H groups in total. The highest BCUT2D eigenvalue weighted by atomic mass is 16.6. The van der Waals surface area contributed by atoms with Gasteiger partial charge >= 0.3 is 11.9 Å². The topological polar surface area (TPSA) is 125 Å². The molecule has 0 fully saturated rings. The van der Waals surface area contributed by atoms with Crippen LogP contribution >= 0.6 is 0 Å². The maximum atomic E-state index is 16.4. The molecule has 0 spiro atoms. The highest BCUT2D eigenvalue weighted by Crippen LogP contribution is 2.47. The maximum absolute atomic E-state index is 16.4. The number of hydrogen-bond donors (Lipinski definition) is 0. The minimum absolute atomic E-state index is 0.0519. The SMILES string of the molecule is CC(C)c1ccc(N(Cc2ccc(N(C)C)cc2)C(=O)C2(OC(=O)C(=O)OC3(C(=O)N(Cc4ccc(N(C)C)cc4)c4ccc(C(C)C)cc4)CCCc4c(OCCCN(C)C)cccc43)CCCc3c(OCCCN(C)C)cccc32)cc1. The monoisotopic (exact) mass is 1140 g/mol. The minimum Gasteiger partial charge on any atom is -0.493 e. The Morgan fingerprint density at radius 3 is 1.12 bits per heavy atom. The van der Waals surface area contributed by atoms with Gasteiger partial charge < -0.3 is 48.3 Å². The van der Waals surface area contributed by atoms with Crippen LogP contribution in [-0.4, -0.2) is 116 Å². The molecule has 0 radical (unpaired) electrons. The highest BCUT2D eigenvalue weighted by Gasteiger charge is 2.55. The highest BCUT2D eigenvalue weighted by molar-refractivity contribution is 6.31. The lowest BCUT2D eigenvalue weighted by atomic mass is 9.77. The Balaban J connectivity index is 1.26. The second kappa shape index (κ2) is 27.8. The van der Waals surface area contributed by atoms with E-state index in [1.165, 1.54) is 0 Å². The second-order valence-electron chi connectivity index (χ2n) is 24.1. The number of esters is 2. The molecule has 446 valence electrons. The number of ether oxygens (including phenoxy) is 4. The van der Waals surface area contributed by atoms with Gasteiger partial charge in [-0.2, -0.15) is 0 Å². The van der Waals surface area contributed by atoms with Gasteiger partial charge in [-0.1, -0.05) is 100 Å². The molecular formula is C70H88N6O8. The van der Waals surface area contributed by atoms with Gasteiger partial charge in [-0.15, -0.1) is 0 Å². The summed E-state index contributed by atoms with van der Waals surface area (Å²) in [5, 5.41) is 0. The summed E-state index contributed by atoms with van der Waals surface area (Å²) < 4.78 is 26.5. The molecule has 8 rings (SSSR count). The number of hydrogen-bond acceptors (Lipinski definition) is 12. The van der Waals surface area contributed by atoms with Crippen LogP contribution in [0.3, 0.4) is 0 Å². The number of carbonyl (C=O) groups excluding carboxylic acids is 4. The molecule has 0 bridgehead atoms. The molecule has 2 aliphatic rings. The molecular weight excluding hydrogens is 1050 g/mol. The smallest absolute Gasteiger partial charge is 0.418 e. The van der Waals surface area contributed by atoms with E-state index in [1.54, 1.807) is 21.9 Å². The first-order valence-corrected chi connectivity index (χ1v) is 29.8. The van der Waals surface area contributed by atoms with Crippen LogP contribution in [0.4, 0.5) is 22.7 Å². The Kier molecular flexibility index (Phi) is 20.6. The lowest BCUT2D eigenvalue weighted by Crippen LogP contribution is -2.54. The molecule has 0 aliphatic heterocycles. The Bertz CT molecular complexity index is 2980. The molecule has 2 aliphatic carbocycles. The third-order valence-corrected chi connectivity index (χ3v) is 16.3. The van der Waals surface area contributed by atoms with Gasteiger partial charge in [0.2, 0.25) is 11.2 Å². The predicted molar refractivity (Wildman–Crippen MR) is 337 cm³/mol. The number of fused-ring (bicyclic) bond motifs is 2. The van der Waals surface area contributed by atoms with E-state index in [-0.39, 0.29) is 37.8 Å². The first-order chi connectivity index (χ1) is 40.2. The van der Waals surface area contributed by atoms with Crippen LogP contribution in [0.1, 0.15) is 123 Å². The Hall–Kier alpha value is -7.68. The van der Waals surface area contributed by atoms with E-state index in [0.29, 0.717) is 72.9 Å². The van der Waals surface area contributed by atoms with Gasteiger partial charge in [0.15, 0.2) is 0 Å². The first-order valence-electron chi connectivity index (χ1n) is 29.8. The van der Waals surface area contributed by atoms with Crippen LogP contribution in [0.25, 0.3) is 0 Å². The molecule has 14 heteroatoms. The summed E-state index contributed by atoms with van der Waals surface area (Å²) in [5.41, 5.74) is 5.22. The average molecular weight is 1140 g/mol. The van der Waals surface area contributed by atoms with Crippen molar-refractivity contribution < 1.29 is 38.1 Å².